The van der Waals surface area contributed by atoms with Crippen LogP contribution in [-0.2, 0) is 0 Å². The molecule has 0 fully saturated rings. The zero-order valence-electron chi connectivity index (χ0n) is 16.0. The number of pyridine rings is 2. The van der Waals surface area contributed by atoms with E-state index < -0.39 is 0 Å². The number of rotatable bonds is 2. The lowest BCUT2D eigenvalue weighted by atomic mass is 9.88. The molecule has 0 unspecified atom stereocenters. The summed E-state index contributed by atoms with van der Waals surface area (Å²) in [6, 6.07) is 25.6. The maximum atomic E-state index is 4.75. The minimum Gasteiger partial charge on any atom is -0.256 e. The van der Waals surface area contributed by atoms with E-state index in [4.69, 9.17) is 9.97 Å². The zero-order valence-corrected chi connectivity index (χ0v) is 16.0. The Morgan fingerprint density at radius 3 is 1.11 bits per heavy atom. The molecule has 2 nitrogen and oxygen atoms in total. The van der Waals surface area contributed by atoms with Crippen molar-refractivity contribution in [2.45, 2.75) is 13.8 Å². The number of nitrogens with zero attached hydrogens (tertiary/aromatic N) is 2. The number of hydrogen-bond acceptors (Lipinski definition) is 2. The molecule has 0 radical (unpaired) electrons. The van der Waals surface area contributed by atoms with Crippen molar-refractivity contribution in [3.8, 4) is 22.5 Å². The summed E-state index contributed by atoms with van der Waals surface area (Å²) in [5.41, 5.74) is 6.70. The van der Waals surface area contributed by atoms with Crippen molar-refractivity contribution in [2.24, 2.45) is 0 Å². The molecule has 2 heteroatoms. The molecular formula is C26H20N2. The van der Waals surface area contributed by atoms with Crippen molar-refractivity contribution in [3.63, 3.8) is 0 Å². The van der Waals surface area contributed by atoms with Crippen molar-refractivity contribution in [1.82, 2.24) is 9.97 Å². The van der Waals surface area contributed by atoms with Crippen molar-refractivity contribution < 1.29 is 0 Å². The fourth-order valence-corrected chi connectivity index (χ4v) is 3.91. The normalized spacial score (nSPS) is 11.2. The third-order valence-electron chi connectivity index (χ3n) is 5.27. The second kappa shape index (κ2) is 6.58. The van der Waals surface area contributed by atoms with E-state index in [9.17, 15) is 0 Å². The first-order valence-electron chi connectivity index (χ1n) is 9.52. The molecule has 28 heavy (non-hydrogen) atoms. The van der Waals surface area contributed by atoms with Crippen LogP contribution in [0, 0.1) is 13.8 Å². The summed E-state index contributed by atoms with van der Waals surface area (Å²) in [5.74, 6) is 0. The molecule has 5 aromatic rings. The van der Waals surface area contributed by atoms with Crippen LogP contribution in [0.4, 0.5) is 0 Å². The van der Waals surface area contributed by atoms with Gasteiger partial charge in [0.1, 0.15) is 0 Å². The fourth-order valence-electron chi connectivity index (χ4n) is 3.91. The first kappa shape index (κ1) is 16.6. The Balaban J connectivity index is 1.96. The first-order chi connectivity index (χ1) is 13.7. The lowest BCUT2D eigenvalue weighted by molar-refractivity contribution is 1.27. The van der Waals surface area contributed by atoms with E-state index in [-0.39, 0.29) is 0 Å². The average molecular weight is 360 g/mol. The van der Waals surface area contributed by atoms with Gasteiger partial charge in [-0.3, -0.25) is 9.97 Å². The standard InChI is InChI=1S/C26H20N2/c1-17-11-13-23(27-15-17)25-19-7-3-5-9-21(19)26(22-10-6-4-8-20(22)25)24-14-12-18(2)16-28-24/h3-16H,1-2H3. The molecule has 0 amide bonds. The second-order valence-corrected chi connectivity index (χ2v) is 7.28. The molecule has 0 saturated heterocycles. The topological polar surface area (TPSA) is 25.8 Å². The fraction of sp³-hybridized carbons (Fsp3) is 0.0769. The van der Waals surface area contributed by atoms with Crippen LogP contribution in [0.25, 0.3) is 44.1 Å². The summed E-state index contributed by atoms with van der Waals surface area (Å²) in [6.07, 6.45) is 3.88. The van der Waals surface area contributed by atoms with E-state index in [1.165, 1.54) is 32.7 Å². The quantitative estimate of drug-likeness (QED) is 0.326. The maximum absolute atomic E-state index is 4.75. The van der Waals surface area contributed by atoms with Gasteiger partial charge in [-0.05, 0) is 58.7 Å². The highest BCUT2D eigenvalue weighted by Gasteiger charge is 2.17. The molecule has 2 aromatic heterocycles. The van der Waals surface area contributed by atoms with Gasteiger partial charge in [0.15, 0.2) is 0 Å². The summed E-state index contributed by atoms with van der Waals surface area (Å²) in [5, 5.41) is 4.81. The van der Waals surface area contributed by atoms with Crippen molar-refractivity contribution in [1.29, 1.82) is 0 Å². The molecule has 0 spiro atoms. The van der Waals surface area contributed by atoms with Gasteiger partial charge in [0.05, 0.1) is 11.4 Å². The Morgan fingerprint density at radius 1 is 0.464 bits per heavy atom. The van der Waals surface area contributed by atoms with E-state index in [2.05, 4.69) is 86.6 Å². The van der Waals surface area contributed by atoms with Crippen LogP contribution in [0.3, 0.4) is 0 Å². The van der Waals surface area contributed by atoms with Gasteiger partial charge in [0, 0.05) is 23.5 Å². The van der Waals surface area contributed by atoms with Gasteiger partial charge in [-0.1, -0.05) is 60.7 Å². The minimum atomic E-state index is 1.00. The Bertz CT molecular complexity index is 1140. The van der Waals surface area contributed by atoms with Crippen LogP contribution in [0.2, 0.25) is 0 Å². The number of benzene rings is 3. The van der Waals surface area contributed by atoms with Crippen LogP contribution in [0.1, 0.15) is 11.1 Å². The summed E-state index contributed by atoms with van der Waals surface area (Å²) in [7, 11) is 0. The predicted molar refractivity (Wildman–Crippen MR) is 117 cm³/mol. The Hall–Kier alpha value is -3.52. The highest BCUT2D eigenvalue weighted by Crippen LogP contribution is 2.42. The molecule has 0 atom stereocenters. The summed E-state index contributed by atoms with van der Waals surface area (Å²) >= 11 is 0. The van der Waals surface area contributed by atoms with Gasteiger partial charge in [-0.15, -0.1) is 0 Å². The van der Waals surface area contributed by atoms with E-state index >= 15 is 0 Å². The van der Waals surface area contributed by atoms with Gasteiger partial charge in [-0.2, -0.15) is 0 Å². The van der Waals surface area contributed by atoms with E-state index in [0.717, 1.165) is 22.5 Å². The average Bonchev–Trinajstić information content (AvgIpc) is 2.74. The van der Waals surface area contributed by atoms with Gasteiger partial charge in [-0.25, -0.2) is 0 Å². The van der Waals surface area contributed by atoms with E-state index in [1.54, 1.807) is 0 Å². The molecular weight excluding hydrogens is 340 g/mol. The van der Waals surface area contributed by atoms with Gasteiger partial charge < -0.3 is 0 Å². The van der Waals surface area contributed by atoms with E-state index in [1.807, 2.05) is 12.4 Å². The lowest BCUT2D eigenvalue weighted by Crippen LogP contribution is -1.93. The van der Waals surface area contributed by atoms with Crippen LogP contribution in [0.5, 0.6) is 0 Å². The molecule has 3 aromatic carbocycles. The smallest absolute Gasteiger partial charge is 0.0714 e. The van der Waals surface area contributed by atoms with Crippen molar-refractivity contribution in [2.75, 3.05) is 0 Å². The van der Waals surface area contributed by atoms with Gasteiger partial charge >= 0.3 is 0 Å². The van der Waals surface area contributed by atoms with Crippen molar-refractivity contribution in [3.05, 3.63) is 96.3 Å². The molecule has 0 saturated carbocycles. The highest BCUT2D eigenvalue weighted by molar-refractivity contribution is 6.20. The monoisotopic (exact) mass is 360 g/mol. The van der Waals surface area contributed by atoms with Gasteiger partial charge in [0.2, 0.25) is 0 Å². The number of aromatic nitrogens is 2. The largest absolute Gasteiger partial charge is 0.256 e. The molecule has 2 heterocycles. The van der Waals surface area contributed by atoms with Gasteiger partial charge in [0.25, 0.3) is 0 Å². The maximum Gasteiger partial charge on any atom is 0.0714 e. The molecule has 0 aliphatic rings. The summed E-state index contributed by atoms with van der Waals surface area (Å²) < 4.78 is 0. The third kappa shape index (κ3) is 2.66. The Morgan fingerprint density at radius 2 is 0.821 bits per heavy atom. The summed E-state index contributed by atoms with van der Waals surface area (Å²) in [4.78, 5) is 9.49. The number of fused-ring (bicyclic) bond motifs is 2. The molecule has 0 aliphatic carbocycles. The highest BCUT2D eigenvalue weighted by atomic mass is 14.7. The van der Waals surface area contributed by atoms with Crippen LogP contribution >= 0.6 is 0 Å². The molecule has 5 rings (SSSR count). The second-order valence-electron chi connectivity index (χ2n) is 7.28. The minimum absolute atomic E-state index is 1.00. The number of aryl methyl sites for hydroxylation is 2. The van der Waals surface area contributed by atoms with Crippen molar-refractivity contribution >= 4 is 21.5 Å². The summed E-state index contributed by atoms with van der Waals surface area (Å²) in [6.45, 7) is 4.14. The third-order valence-corrected chi connectivity index (χ3v) is 5.27. The number of hydrogen-bond donors (Lipinski definition) is 0. The first-order valence-corrected chi connectivity index (χ1v) is 9.52. The zero-order chi connectivity index (χ0) is 19.1. The molecule has 0 bridgehead atoms. The Kier molecular flexibility index (Phi) is 3.91. The van der Waals surface area contributed by atoms with E-state index in [0.29, 0.717) is 0 Å². The lowest BCUT2D eigenvalue weighted by Gasteiger charge is -2.16. The molecule has 134 valence electrons. The Labute approximate surface area is 164 Å². The van der Waals surface area contributed by atoms with Crippen LogP contribution in [-0.4, -0.2) is 9.97 Å². The predicted octanol–water partition coefficient (Wildman–Crippen LogP) is 6.73. The van der Waals surface area contributed by atoms with Crippen LogP contribution < -0.4 is 0 Å². The van der Waals surface area contributed by atoms with Crippen LogP contribution in [0.15, 0.2) is 85.2 Å². The molecule has 0 aliphatic heterocycles. The SMILES string of the molecule is Cc1ccc(-c2c3ccccc3c(-c3ccc(C)cn3)c3ccccc23)nc1. The molecule has 0 N–H and O–H groups in total.